The van der Waals surface area contributed by atoms with E-state index in [1.807, 2.05) is 35.4 Å². The number of benzene rings is 1. The summed E-state index contributed by atoms with van der Waals surface area (Å²) >= 11 is 5.97. The van der Waals surface area contributed by atoms with E-state index in [9.17, 15) is 4.79 Å². The molecule has 3 heterocycles. The van der Waals surface area contributed by atoms with Gasteiger partial charge in [-0.25, -0.2) is 4.98 Å². The highest BCUT2D eigenvalue weighted by atomic mass is 35.5. The minimum absolute atomic E-state index is 0.304. The number of rotatable bonds is 5. The van der Waals surface area contributed by atoms with Gasteiger partial charge in [0, 0.05) is 16.7 Å². The molecule has 2 aliphatic rings. The number of nitrogens with zero attached hydrogens (tertiary/aromatic N) is 2. The van der Waals surface area contributed by atoms with Gasteiger partial charge in [-0.2, -0.15) is 0 Å². The fraction of sp³-hybridized carbons (Fsp3) is 0.455. The van der Waals surface area contributed by atoms with E-state index in [0.717, 1.165) is 69.7 Å². The summed E-state index contributed by atoms with van der Waals surface area (Å²) < 4.78 is 0. The largest absolute Gasteiger partial charge is 0.330 e. The predicted octanol–water partition coefficient (Wildman–Crippen LogP) is -1.21. The third kappa shape index (κ3) is 5.47. The Morgan fingerprint density at radius 2 is 1.62 bits per heavy atom. The highest BCUT2D eigenvalue weighted by molar-refractivity contribution is 6.30. The van der Waals surface area contributed by atoms with Gasteiger partial charge < -0.3 is 14.7 Å². The van der Waals surface area contributed by atoms with E-state index >= 15 is 0 Å². The Morgan fingerprint density at radius 3 is 2.28 bits per heavy atom. The van der Waals surface area contributed by atoms with Crippen LogP contribution in [0, 0.1) is 0 Å². The molecular weight excluding hydrogens is 386 g/mol. The molecule has 7 heteroatoms. The molecular formula is C22H31ClN5O+3. The molecule has 0 atom stereocenters. The number of carbonyl (C=O) groups excluding carboxylic acids is 1. The van der Waals surface area contributed by atoms with Crippen LogP contribution in [0.1, 0.15) is 5.56 Å². The number of carbonyl (C=O) groups is 1. The maximum Gasteiger partial charge on any atom is 0.278 e. The summed E-state index contributed by atoms with van der Waals surface area (Å²) in [6.07, 6.45) is 1.95. The average Bonchev–Trinajstić information content (AvgIpc) is 2.77. The van der Waals surface area contributed by atoms with E-state index in [0.29, 0.717) is 12.5 Å². The van der Waals surface area contributed by atoms with Crippen molar-refractivity contribution >= 4 is 23.3 Å². The first kappa shape index (κ1) is 20.1. The fourth-order valence-corrected chi connectivity index (χ4v) is 4.43. The van der Waals surface area contributed by atoms with Crippen molar-refractivity contribution in [1.82, 2.24) is 4.90 Å². The second kappa shape index (κ2) is 9.57. The van der Waals surface area contributed by atoms with Crippen molar-refractivity contribution in [3.05, 3.63) is 59.2 Å². The van der Waals surface area contributed by atoms with Crippen molar-refractivity contribution in [3.8, 4) is 0 Å². The number of aromatic nitrogens is 1. The summed E-state index contributed by atoms with van der Waals surface area (Å²) in [5.74, 6) is 1.43. The standard InChI is InChI=1S/C22H28ClN5O/c23-20-6-4-19(5-7-20)17-25-9-11-26(12-10-25)18-22(29)28-15-13-27(14-16-28)21-3-1-2-8-24-21/h1-8H,9-18H2/p+3. The van der Waals surface area contributed by atoms with Crippen LogP contribution in [0.3, 0.4) is 0 Å². The van der Waals surface area contributed by atoms with Crippen LogP contribution in [-0.2, 0) is 11.3 Å². The quantitative estimate of drug-likeness (QED) is 0.642. The topological polar surface area (TPSA) is 46.6 Å². The van der Waals surface area contributed by atoms with Crippen molar-refractivity contribution in [2.45, 2.75) is 6.54 Å². The number of anilines is 1. The zero-order chi connectivity index (χ0) is 20.1. The summed E-state index contributed by atoms with van der Waals surface area (Å²) in [7, 11) is 0. The van der Waals surface area contributed by atoms with Gasteiger partial charge in [-0.1, -0.05) is 29.8 Å². The van der Waals surface area contributed by atoms with Crippen molar-refractivity contribution < 1.29 is 19.6 Å². The Kier molecular flexibility index (Phi) is 6.64. The molecule has 0 aliphatic carbocycles. The Morgan fingerprint density at radius 1 is 0.931 bits per heavy atom. The molecule has 6 nitrogen and oxygen atoms in total. The molecule has 2 fully saturated rings. The number of quaternary nitrogens is 2. The highest BCUT2D eigenvalue weighted by Gasteiger charge is 2.30. The first-order valence-corrected chi connectivity index (χ1v) is 11.0. The minimum Gasteiger partial charge on any atom is -0.330 e. The number of pyridine rings is 1. The fourth-order valence-electron chi connectivity index (χ4n) is 4.30. The highest BCUT2D eigenvalue weighted by Crippen LogP contribution is 2.10. The molecule has 2 aromatic rings. The third-order valence-corrected chi connectivity index (χ3v) is 6.35. The molecule has 2 aliphatic heterocycles. The number of nitrogens with one attached hydrogen (secondary N) is 3. The van der Waals surface area contributed by atoms with E-state index < -0.39 is 0 Å². The van der Waals surface area contributed by atoms with E-state index in [1.54, 1.807) is 4.90 Å². The summed E-state index contributed by atoms with van der Waals surface area (Å²) in [4.78, 5) is 23.4. The van der Waals surface area contributed by atoms with Gasteiger partial charge in [-0.15, -0.1) is 0 Å². The lowest BCUT2D eigenvalue weighted by Gasteiger charge is -2.33. The minimum atomic E-state index is 0.304. The van der Waals surface area contributed by atoms with Crippen LogP contribution < -0.4 is 19.7 Å². The number of aromatic amines is 1. The molecule has 2 saturated heterocycles. The van der Waals surface area contributed by atoms with Crippen LogP contribution in [0.4, 0.5) is 5.82 Å². The molecule has 3 N–H and O–H groups in total. The SMILES string of the molecule is O=C(C[NH+]1CC[NH+](Cc2ccc(Cl)cc2)CC1)N1CCN(c2cccc[nH+]2)CC1. The van der Waals surface area contributed by atoms with E-state index in [2.05, 4.69) is 28.1 Å². The van der Waals surface area contributed by atoms with E-state index in [4.69, 9.17) is 11.6 Å². The monoisotopic (exact) mass is 416 g/mol. The van der Waals surface area contributed by atoms with Crippen molar-refractivity contribution in [3.63, 3.8) is 0 Å². The first-order valence-electron chi connectivity index (χ1n) is 10.6. The Bertz CT molecular complexity index is 785. The summed E-state index contributed by atoms with van der Waals surface area (Å²) in [5, 5.41) is 0.791. The Balaban J connectivity index is 1.19. The van der Waals surface area contributed by atoms with Crippen molar-refractivity contribution in [2.24, 2.45) is 0 Å². The van der Waals surface area contributed by atoms with Gasteiger partial charge in [-0.05, 0) is 18.2 Å². The molecule has 1 amide bonds. The summed E-state index contributed by atoms with van der Waals surface area (Å²) in [6.45, 7) is 9.42. The summed E-state index contributed by atoms with van der Waals surface area (Å²) in [6, 6.07) is 14.3. The predicted molar refractivity (Wildman–Crippen MR) is 113 cm³/mol. The number of piperazine rings is 2. The van der Waals surface area contributed by atoms with Gasteiger partial charge >= 0.3 is 0 Å². The molecule has 29 heavy (non-hydrogen) atoms. The maximum atomic E-state index is 12.8. The van der Waals surface area contributed by atoms with Crippen LogP contribution in [-0.4, -0.2) is 69.7 Å². The smallest absolute Gasteiger partial charge is 0.278 e. The number of halogens is 1. The van der Waals surface area contributed by atoms with Gasteiger partial charge in [0.25, 0.3) is 11.7 Å². The molecule has 154 valence electrons. The molecule has 4 rings (SSSR count). The normalized spacial score (nSPS) is 22.5. The lowest BCUT2D eigenvalue weighted by Crippen LogP contribution is -3.28. The Hall–Kier alpha value is -2.15. The van der Waals surface area contributed by atoms with Crippen LogP contribution in [0.25, 0.3) is 0 Å². The molecule has 0 radical (unpaired) electrons. The second-order valence-electron chi connectivity index (χ2n) is 8.10. The number of hydrogen-bond donors (Lipinski definition) is 2. The molecule has 0 spiro atoms. The summed E-state index contributed by atoms with van der Waals surface area (Å²) in [5.41, 5.74) is 1.33. The van der Waals surface area contributed by atoms with Crippen molar-refractivity contribution in [1.29, 1.82) is 0 Å². The average molecular weight is 417 g/mol. The number of hydrogen-bond acceptors (Lipinski definition) is 2. The van der Waals surface area contributed by atoms with Gasteiger partial charge in [0.05, 0.1) is 19.3 Å². The number of amides is 1. The zero-order valence-corrected chi connectivity index (χ0v) is 17.6. The van der Waals surface area contributed by atoms with Gasteiger partial charge in [-0.3, -0.25) is 9.69 Å². The van der Waals surface area contributed by atoms with E-state index in [1.165, 1.54) is 10.5 Å². The maximum absolute atomic E-state index is 12.8. The van der Waals surface area contributed by atoms with Gasteiger partial charge in [0.1, 0.15) is 45.8 Å². The van der Waals surface area contributed by atoms with Crippen LogP contribution in [0.15, 0.2) is 48.7 Å². The first-order chi connectivity index (χ1) is 14.2. The second-order valence-corrected chi connectivity index (χ2v) is 8.53. The van der Waals surface area contributed by atoms with Gasteiger partial charge in [0.2, 0.25) is 0 Å². The molecule has 1 aromatic carbocycles. The van der Waals surface area contributed by atoms with Gasteiger partial charge in [0.15, 0.2) is 6.54 Å². The molecule has 1 aromatic heterocycles. The molecule has 0 saturated carbocycles. The van der Waals surface area contributed by atoms with Crippen LogP contribution >= 0.6 is 11.6 Å². The number of H-pyrrole nitrogens is 1. The van der Waals surface area contributed by atoms with Crippen LogP contribution in [0.5, 0.6) is 0 Å². The molecule has 0 unspecified atom stereocenters. The zero-order valence-electron chi connectivity index (χ0n) is 16.9. The lowest BCUT2D eigenvalue weighted by molar-refractivity contribution is -1.02. The molecule has 0 bridgehead atoms. The van der Waals surface area contributed by atoms with Crippen molar-refractivity contribution in [2.75, 3.05) is 63.8 Å². The Labute approximate surface area is 177 Å². The lowest BCUT2D eigenvalue weighted by atomic mass is 10.2. The van der Waals surface area contributed by atoms with Crippen LogP contribution in [0.2, 0.25) is 5.02 Å². The third-order valence-electron chi connectivity index (χ3n) is 6.10. The van der Waals surface area contributed by atoms with E-state index in [-0.39, 0.29) is 0 Å².